The monoisotopic (exact) mass is 306 g/mol. The second kappa shape index (κ2) is 6.22. The number of halogens is 4. The molecule has 0 amide bonds. The Morgan fingerprint density at radius 1 is 1.40 bits per heavy atom. The number of likely N-dealkylation sites (N-methyl/N-ethyl adjacent to an activating group) is 1. The number of rotatable bonds is 3. The van der Waals surface area contributed by atoms with Crippen LogP contribution in [0.15, 0.2) is 18.2 Å². The molecule has 1 aliphatic heterocycles. The second-order valence-electron chi connectivity index (χ2n) is 5.00. The lowest BCUT2D eigenvalue weighted by molar-refractivity contribution is -0.137. The fraction of sp³-hybridized carbons (Fsp3) is 0.571. The summed E-state index contributed by atoms with van der Waals surface area (Å²) < 4.78 is 38.6. The summed E-state index contributed by atoms with van der Waals surface area (Å²) in [5, 5.41) is 3.10. The Kier molecular flexibility index (Phi) is 4.81. The number of nitrogens with one attached hydrogen (secondary N) is 1. The van der Waals surface area contributed by atoms with Gasteiger partial charge in [-0.3, -0.25) is 0 Å². The molecule has 1 N–H and O–H groups in total. The van der Waals surface area contributed by atoms with Crippen molar-refractivity contribution in [1.29, 1.82) is 0 Å². The zero-order chi connectivity index (χ0) is 14.8. The number of benzene rings is 1. The molecule has 1 atom stereocenters. The number of anilines is 1. The number of piperidine rings is 1. The minimum absolute atomic E-state index is 0.249. The summed E-state index contributed by atoms with van der Waals surface area (Å²) in [6, 6.07) is 4.47. The number of nitrogens with zero attached hydrogens (tertiary/aromatic N) is 1. The molecule has 0 saturated carbocycles. The third-order valence-electron chi connectivity index (χ3n) is 3.53. The summed E-state index contributed by atoms with van der Waals surface area (Å²) in [7, 11) is 0. The molecule has 1 aromatic rings. The Balaban J connectivity index is 2.20. The molecule has 0 aliphatic carbocycles. The lowest BCUT2D eigenvalue weighted by Crippen LogP contribution is -2.45. The van der Waals surface area contributed by atoms with Gasteiger partial charge in [0.25, 0.3) is 0 Å². The standard InChI is InChI=1S/C14H18ClF3N2/c1-2-19-10-4-3-7-20(9-10)11-5-6-13(15)12(8-11)14(16,17)18/h5-6,8,10,19H,2-4,7,9H2,1H3. The molecule has 0 bridgehead atoms. The third-order valence-corrected chi connectivity index (χ3v) is 3.86. The van der Waals surface area contributed by atoms with Gasteiger partial charge in [0.2, 0.25) is 0 Å². The summed E-state index contributed by atoms with van der Waals surface area (Å²) in [6.07, 6.45) is -2.38. The van der Waals surface area contributed by atoms with E-state index < -0.39 is 11.7 Å². The van der Waals surface area contributed by atoms with Gasteiger partial charge in [-0.1, -0.05) is 18.5 Å². The molecule has 1 fully saturated rings. The van der Waals surface area contributed by atoms with Crippen LogP contribution in [0.3, 0.4) is 0 Å². The molecule has 20 heavy (non-hydrogen) atoms. The summed E-state index contributed by atoms with van der Waals surface area (Å²) in [6.45, 7) is 4.41. The van der Waals surface area contributed by atoms with Crippen molar-refractivity contribution in [2.24, 2.45) is 0 Å². The molecule has 1 aromatic carbocycles. The normalized spacial score (nSPS) is 20.2. The van der Waals surface area contributed by atoms with E-state index in [0.29, 0.717) is 11.7 Å². The van der Waals surface area contributed by atoms with Crippen LogP contribution in [0.2, 0.25) is 5.02 Å². The molecule has 1 saturated heterocycles. The molecule has 1 unspecified atom stereocenters. The van der Waals surface area contributed by atoms with Crippen molar-refractivity contribution < 1.29 is 13.2 Å². The van der Waals surface area contributed by atoms with Crippen molar-refractivity contribution in [3.8, 4) is 0 Å². The minimum atomic E-state index is -4.41. The van der Waals surface area contributed by atoms with E-state index in [9.17, 15) is 13.2 Å². The molecule has 112 valence electrons. The van der Waals surface area contributed by atoms with Crippen molar-refractivity contribution in [3.63, 3.8) is 0 Å². The quantitative estimate of drug-likeness (QED) is 0.910. The van der Waals surface area contributed by atoms with Gasteiger partial charge in [-0.05, 0) is 37.6 Å². The van der Waals surface area contributed by atoms with Gasteiger partial charge in [-0.25, -0.2) is 0 Å². The Hall–Kier alpha value is -0.940. The maximum Gasteiger partial charge on any atom is 0.417 e. The van der Waals surface area contributed by atoms with E-state index >= 15 is 0 Å². The Labute approximate surface area is 121 Å². The minimum Gasteiger partial charge on any atom is -0.370 e. The fourth-order valence-electron chi connectivity index (χ4n) is 2.59. The SMILES string of the molecule is CCNC1CCCN(c2ccc(Cl)c(C(F)(F)F)c2)C1. The Morgan fingerprint density at radius 3 is 2.80 bits per heavy atom. The van der Waals surface area contributed by atoms with Crippen molar-refractivity contribution >= 4 is 17.3 Å². The topological polar surface area (TPSA) is 15.3 Å². The van der Waals surface area contributed by atoms with Crippen molar-refractivity contribution in [3.05, 3.63) is 28.8 Å². The Morgan fingerprint density at radius 2 is 2.15 bits per heavy atom. The maximum absolute atomic E-state index is 12.9. The first-order valence-electron chi connectivity index (χ1n) is 6.77. The molecule has 2 nitrogen and oxygen atoms in total. The molecule has 2 rings (SSSR count). The molecule has 1 aliphatic rings. The van der Waals surface area contributed by atoms with Crippen LogP contribution in [0.4, 0.5) is 18.9 Å². The van der Waals surface area contributed by atoms with E-state index in [1.54, 1.807) is 6.07 Å². The van der Waals surface area contributed by atoms with Gasteiger partial charge in [0, 0.05) is 24.8 Å². The summed E-state index contributed by atoms with van der Waals surface area (Å²) in [5.74, 6) is 0. The summed E-state index contributed by atoms with van der Waals surface area (Å²) in [4.78, 5) is 1.99. The lowest BCUT2D eigenvalue weighted by Gasteiger charge is -2.35. The van der Waals surface area contributed by atoms with Crippen LogP contribution in [0, 0.1) is 0 Å². The molecule has 0 spiro atoms. The highest BCUT2D eigenvalue weighted by atomic mass is 35.5. The second-order valence-corrected chi connectivity index (χ2v) is 5.41. The number of alkyl halides is 3. The summed E-state index contributed by atoms with van der Waals surface area (Å²) in [5.41, 5.74) is -0.174. The average Bonchev–Trinajstić information content (AvgIpc) is 2.38. The zero-order valence-electron chi connectivity index (χ0n) is 11.3. The first kappa shape index (κ1) is 15.4. The van der Waals surface area contributed by atoms with Crippen LogP contribution in [0.5, 0.6) is 0 Å². The van der Waals surface area contributed by atoms with E-state index in [1.165, 1.54) is 6.07 Å². The molecular formula is C14H18ClF3N2. The van der Waals surface area contributed by atoms with Crippen molar-refractivity contribution in [2.45, 2.75) is 32.0 Å². The highest BCUT2D eigenvalue weighted by molar-refractivity contribution is 6.31. The smallest absolute Gasteiger partial charge is 0.370 e. The number of hydrogen-bond acceptors (Lipinski definition) is 2. The highest BCUT2D eigenvalue weighted by Crippen LogP contribution is 2.37. The van der Waals surface area contributed by atoms with Gasteiger partial charge in [0.05, 0.1) is 10.6 Å². The van der Waals surface area contributed by atoms with E-state index in [-0.39, 0.29) is 5.02 Å². The van der Waals surface area contributed by atoms with Crippen LogP contribution >= 0.6 is 11.6 Å². The van der Waals surface area contributed by atoms with Crippen LogP contribution in [0.25, 0.3) is 0 Å². The van der Waals surface area contributed by atoms with Crippen LogP contribution < -0.4 is 10.2 Å². The summed E-state index contributed by atoms with van der Waals surface area (Å²) >= 11 is 5.65. The van der Waals surface area contributed by atoms with Gasteiger partial charge in [0.15, 0.2) is 0 Å². The average molecular weight is 307 g/mol. The van der Waals surface area contributed by atoms with Crippen molar-refractivity contribution in [1.82, 2.24) is 5.32 Å². The molecular weight excluding hydrogens is 289 g/mol. The lowest BCUT2D eigenvalue weighted by atomic mass is 10.0. The van der Waals surface area contributed by atoms with Gasteiger partial charge in [-0.2, -0.15) is 13.2 Å². The largest absolute Gasteiger partial charge is 0.417 e. The predicted octanol–water partition coefficient (Wildman–Crippen LogP) is 3.94. The van der Waals surface area contributed by atoms with Crippen LogP contribution in [-0.2, 0) is 6.18 Å². The predicted molar refractivity (Wildman–Crippen MR) is 75.4 cm³/mol. The molecule has 0 radical (unpaired) electrons. The molecule has 0 aromatic heterocycles. The maximum atomic E-state index is 12.9. The van der Waals surface area contributed by atoms with Crippen molar-refractivity contribution in [2.75, 3.05) is 24.5 Å². The van der Waals surface area contributed by atoms with E-state index in [4.69, 9.17) is 11.6 Å². The van der Waals surface area contributed by atoms with Gasteiger partial charge in [0.1, 0.15) is 0 Å². The Bertz CT molecular complexity index is 460. The fourth-order valence-corrected chi connectivity index (χ4v) is 2.82. The molecule has 6 heteroatoms. The van der Waals surface area contributed by atoms with Gasteiger partial charge in [-0.15, -0.1) is 0 Å². The molecule has 1 heterocycles. The van der Waals surface area contributed by atoms with E-state index in [0.717, 1.165) is 38.5 Å². The van der Waals surface area contributed by atoms with Crippen LogP contribution in [0.1, 0.15) is 25.3 Å². The van der Waals surface area contributed by atoms with E-state index in [2.05, 4.69) is 5.32 Å². The number of hydrogen-bond donors (Lipinski definition) is 1. The highest BCUT2D eigenvalue weighted by Gasteiger charge is 2.34. The van der Waals surface area contributed by atoms with Gasteiger partial charge < -0.3 is 10.2 Å². The zero-order valence-corrected chi connectivity index (χ0v) is 12.1. The first-order chi connectivity index (χ1) is 9.41. The van der Waals surface area contributed by atoms with E-state index in [1.807, 2.05) is 11.8 Å². The third kappa shape index (κ3) is 3.58. The van der Waals surface area contributed by atoms with Crippen LogP contribution in [-0.4, -0.2) is 25.7 Å². The van der Waals surface area contributed by atoms with Gasteiger partial charge >= 0.3 is 6.18 Å². The first-order valence-corrected chi connectivity index (χ1v) is 7.14.